The second-order valence-corrected chi connectivity index (χ2v) is 5.08. The van der Waals surface area contributed by atoms with Crippen molar-refractivity contribution in [2.24, 2.45) is 0 Å². The number of carboxylic acid groups (broad SMARTS) is 1. The summed E-state index contributed by atoms with van der Waals surface area (Å²) in [5.74, 6) is -0.253. The highest BCUT2D eigenvalue weighted by atomic mass is 32.1. The van der Waals surface area contributed by atoms with Crippen LogP contribution < -0.4 is 5.56 Å². The van der Waals surface area contributed by atoms with Gasteiger partial charge in [-0.25, -0.2) is 4.98 Å². The van der Waals surface area contributed by atoms with Gasteiger partial charge in [-0.3, -0.25) is 14.5 Å². The lowest BCUT2D eigenvalue weighted by Crippen LogP contribution is -2.27. The third-order valence-corrected chi connectivity index (χ3v) is 3.73. The van der Waals surface area contributed by atoms with Crippen LogP contribution in [0.1, 0.15) is 19.2 Å². The fourth-order valence-electron chi connectivity index (χ4n) is 1.81. The molecule has 0 aliphatic heterocycles. The average molecular weight is 281 g/mol. The Bertz CT molecular complexity index is 634. The van der Waals surface area contributed by atoms with Crippen molar-refractivity contribution >= 4 is 27.5 Å². The fraction of sp³-hybridized carbons (Fsp3) is 0.417. The molecule has 0 spiro atoms. The quantitative estimate of drug-likeness (QED) is 0.833. The Morgan fingerprint density at radius 2 is 2.37 bits per heavy atom. The molecule has 0 aromatic carbocycles. The van der Waals surface area contributed by atoms with Crippen LogP contribution in [0.4, 0.5) is 0 Å². The summed E-state index contributed by atoms with van der Waals surface area (Å²) in [5, 5.41) is 10.5. The molecule has 102 valence electrons. The smallest absolute Gasteiger partial charge is 0.304 e. The number of H-pyrrole nitrogens is 1. The Hall–Kier alpha value is -1.73. The molecule has 19 heavy (non-hydrogen) atoms. The SMILES string of the molecule is CCN(CCC(=O)O)Cc1nc2ccsc2c(=O)[nH]1. The van der Waals surface area contributed by atoms with Crippen LogP contribution in [0.2, 0.25) is 0 Å². The summed E-state index contributed by atoms with van der Waals surface area (Å²) in [5.41, 5.74) is 0.558. The molecule has 0 atom stereocenters. The minimum Gasteiger partial charge on any atom is -0.481 e. The molecule has 0 aliphatic carbocycles. The minimum atomic E-state index is -0.826. The first-order valence-electron chi connectivity index (χ1n) is 6.00. The molecule has 0 unspecified atom stereocenters. The van der Waals surface area contributed by atoms with Crippen molar-refractivity contribution in [1.29, 1.82) is 0 Å². The molecular formula is C12H15N3O3S. The number of carboxylic acids is 1. The number of rotatable bonds is 6. The summed E-state index contributed by atoms with van der Waals surface area (Å²) in [7, 11) is 0. The average Bonchev–Trinajstić information content (AvgIpc) is 2.83. The van der Waals surface area contributed by atoms with Crippen molar-refractivity contribution in [2.75, 3.05) is 13.1 Å². The van der Waals surface area contributed by atoms with Gasteiger partial charge in [0, 0.05) is 6.54 Å². The molecule has 0 fully saturated rings. The minimum absolute atomic E-state index is 0.0821. The summed E-state index contributed by atoms with van der Waals surface area (Å²) in [4.78, 5) is 31.4. The van der Waals surface area contributed by atoms with E-state index in [0.717, 1.165) is 0 Å². The van der Waals surface area contributed by atoms with E-state index in [2.05, 4.69) is 9.97 Å². The van der Waals surface area contributed by atoms with Gasteiger partial charge in [0.25, 0.3) is 5.56 Å². The summed E-state index contributed by atoms with van der Waals surface area (Å²) in [6.45, 7) is 3.55. The number of hydrogen-bond donors (Lipinski definition) is 2. The zero-order valence-electron chi connectivity index (χ0n) is 10.5. The fourth-order valence-corrected chi connectivity index (χ4v) is 2.54. The molecule has 2 rings (SSSR count). The zero-order chi connectivity index (χ0) is 13.8. The number of hydrogen-bond acceptors (Lipinski definition) is 5. The Morgan fingerprint density at radius 3 is 3.05 bits per heavy atom. The Balaban J connectivity index is 2.14. The Morgan fingerprint density at radius 1 is 1.58 bits per heavy atom. The number of nitrogens with one attached hydrogen (secondary N) is 1. The standard InChI is InChI=1S/C12H15N3O3S/c1-2-15(5-3-10(16)17)7-9-13-8-4-6-19-11(8)12(18)14-9/h4,6H,2-3,5,7H2,1H3,(H,16,17)(H,13,14,18). The lowest BCUT2D eigenvalue weighted by atomic mass is 10.3. The number of thiophene rings is 1. The van der Waals surface area contributed by atoms with Crippen LogP contribution in [0.3, 0.4) is 0 Å². The lowest BCUT2D eigenvalue weighted by Gasteiger charge is -2.18. The van der Waals surface area contributed by atoms with Crippen molar-refractivity contribution < 1.29 is 9.90 Å². The van der Waals surface area contributed by atoms with Crippen LogP contribution in [-0.2, 0) is 11.3 Å². The predicted molar refractivity (Wildman–Crippen MR) is 73.4 cm³/mol. The van der Waals surface area contributed by atoms with Crippen molar-refractivity contribution in [3.63, 3.8) is 0 Å². The third kappa shape index (κ3) is 3.39. The van der Waals surface area contributed by atoms with Crippen LogP contribution >= 0.6 is 11.3 Å². The van der Waals surface area contributed by atoms with E-state index in [4.69, 9.17) is 5.11 Å². The number of aliphatic carboxylic acids is 1. The molecular weight excluding hydrogens is 266 g/mol. The number of aromatic nitrogens is 2. The first-order valence-corrected chi connectivity index (χ1v) is 6.88. The molecule has 0 amide bonds. The molecule has 0 bridgehead atoms. The topological polar surface area (TPSA) is 86.3 Å². The van der Waals surface area contributed by atoms with Gasteiger partial charge in [-0.2, -0.15) is 0 Å². The van der Waals surface area contributed by atoms with Gasteiger partial charge in [0.15, 0.2) is 0 Å². The maximum absolute atomic E-state index is 11.8. The summed E-state index contributed by atoms with van der Waals surface area (Å²) in [6.07, 6.45) is 0.0821. The summed E-state index contributed by atoms with van der Waals surface area (Å²) < 4.78 is 0.623. The van der Waals surface area contributed by atoms with Crippen molar-refractivity contribution in [2.45, 2.75) is 19.9 Å². The zero-order valence-corrected chi connectivity index (χ0v) is 11.4. The van der Waals surface area contributed by atoms with Crippen molar-refractivity contribution in [1.82, 2.24) is 14.9 Å². The predicted octanol–water partition coefficient (Wildman–Crippen LogP) is 1.28. The molecule has 2 N–H and O–H groups in total. The molecule has 0 radical (unpaired) electrons. The van der Waals surface area contributed by atoms with Crippen LogP contribution in [0.5, 0.6) is 0 Å². The molecule has 0 saturated heterocycles. The summed E-state index contributed by atoms with van der Waals surface area (Å²) >= 11 is 1.36. The molecule has 2 aromatic rings. The van der Waals surface area contributed by atoms with E-state index in [-0.39, 0.29) is 12.0 Å². The van der Waals surface area contributed by atoms with Gasteiger partial charge in [0.05, 0.1) is 18.5 Å². The maximum Gasteiger partial charge on any atom is 0.304 e. The second-order valence-electron chi connectivity index (χ2n) is 4.16. The van der Waals surface area contributed by atoms with E-state index >= 15 is 0 Å². The second kappa shape index (κ2) is 5.94. The van der Waals surface area contributed by atoms with Gasteiger partial charge in [0.1, 0.15) is 10.5 Å². The highest BCUT2D eigenvalue weighted by Crippen LogP contribution is 2.14. The molecule has 0 aliphatic rings. The molecule has 0 saturated carbocycles. The molecule has 7 heteroatoms. The van der Waals surface area contributed by atoms with Gasteiger partial charge in [-0.15, -0.1) is 11.3 Å². The highest BCUT2D eigenvalue weighted by molar-refractivity contribution is 7.17. The van der Waals surface area contributed by atoms with Crippen LogP contribution in [-0.4, -0.2) is 39.0 Å². The molecule has 6 nitrogen and oxygen atoms in total. The maximum atomic E-state index is 11.8. The van der Waals surface area contributed by atoms with Crippen molar-refractivity contribution in [3.05, 3.63) is 27.6 Å². The number of carbonyl (C=O) groups is 1. The van der Waals surface area contributed by atoms with E-state index in [1.54, 1.807) is 0 Å². The van der Waals surface area contributed by atoms with E-state index in [1.807, 2.05) is 23.3 Å². The molecule has 2 aromatic heterocycles. The normalized spacial score (nSPS) is 11.3. The monoisotopic (exact) mass is 281 g/mol. The summed E-state index contributed by atoms with van der Waals surface area (Å²) in [6, 6.07) is 1.81. The largest absolute Gasteiger partial charge is 0.481 e. The van der Waals surface area contributed by atoms with E-state index in [1.165, 1.54) is 11.3 Å². The Kier molecular flexibility index (Phi) is 4.28. The Labute approximate surface area is 113 Å². The first-order chi connectivity index (χ1) is 9.10. The van der Waals surface area contributed by atoms with Crippen molar-refractivity contribution in [3.8, 4) is 0 Å². The number of fused-ring (bicyclic) bond motifs is 1. The van der Waals surface area contributed by atoms with Crippen LogP contribution in [0, 0.1) is 0 Å². The van der Waals surface area contributed by atoms with Gasteiger partial charge >= 0.3 is 5.97 Å². The molecule has 2 heterocycles. The van der Waals surface area contributed by atoms with E-state index in [9.17, 15) is 9.59 Å². The van der Waals surface area contributed by atoms with E-state index < -0.39 is 5.97 Å². The lowest BCUT2D eigenvalue weighted by molar-refractivity contribution is -0.137. The van der Waals surface area contributed by atoms with Gasteiger partial charge in [0.2, 0.25) is 0 Å². The van der Waals surface area contributed by atoms with Crippen LogP contribution in [0.15, 0.2) is 16.2 Å². The van der Waals surface area contributed by atoms with Gasteiger partial charge in [-0.1, -0.05) is 6.92 Å². The first kappa shape index (κ1) is 13.7. The van der Waals surface area contributed by atoms with Crippen LogP contribution in [0.25, 0.3) is 10.2 Å². The number of aromatic amines is 1. The third-order valence-electron chi connectivity index (χ3n) is 2.83. The van der Waals surface area contributed by atoms with Gasteiger partial charge < -0.3 is 10.1 Å². The van der Waals surface area contributed by atoms with Gasteiger partial charge in [-0.05, 0) is 18.0 Å². The highest BCUT2D eigenvalue weighted by Gasteiger charge is 2.10. The van der Waals surface area contributed by atoms with E-state index in [0.29, 0.717) is 35.7 Å². The number of nitrogens with zero attached hydrogens (tertiary/aromatic N) is 2.